The van der Waals surface area contributed by atoms with Gasteiger partial charge in [-0.2, -0.15) is 0 Å². The minimum Gasteiger partial charge on any atom is -0.314 e. The molecule has 0 heterocycles. The number of nitrogens with one attached hydrogen (secondary N) is 1. The minimum atomic E-state index is 0.685. The van der Waals surface area contributed by atoms with Crippen molar-refractivity contribution in [2.24, 2.45) is 0 Å². The maximum absolute atomic E-state index is 3.69. The Morgan fingerprint density at radius 2 is 1.76 bits per heavy atom. The molecular formula is C16H25N. The van der Waals surface area contributed by atoms with Crippen molar-refractivity contribution >= 4 is 0 Å². The normalized spacial score (nSPS) is 25.5. The summed E-state index contributed by atoms with van der Waals surface area (Å²) in [6.45, 7) is 5.47. The Bertz CT molecular complexity index is 328. The molecule has 0 aliphatic heterocycles. The first-order chi connectivity index (χ1) is 8.31. The van der Waals surface area contributed by atoms with E-state index in [-0.39, 0.29) is 0 Å². The van der Waals surface area contributed by atoms with Gasteiger partial charge in [0.1, 0.15) is 0 Å². The molecule has 1 aliphatic carbocycles. The minimum absolute atomic E-state index is 0.685. The van der Waals surface area contributed by atoms with Crippen LogP contribution in [0.15, 0.2) is 24.3 Å². The van der Waals surface area contributed by atoms with Crippen LogP contribution >= 0.6 is 0 Å². The van der Waals surface area contributed by atoms with Gasteiger partial charge in [0.05, 0.1) is 0 Å². The van der Waals surface area contributed by atoms with Crippen LogP contribution in [0.25, 0.3) is 0 Å². The lowest BCUT2D eigenvalue weighted by Gasteiger charge is -2.26. The molecule has 0 amide bonds. The third kappa shape index (κ3) is 3.32. The van der Waals surface area contributed by atoms with Crippen molar-refractivity contribution < 1.29 is 0 Å². The highest BCUT2D eigenvalue weighted by Crippen LogP contribution is 2.32. The van der Waals surface area contributed by atoms with Gasteiger partial charge >= 0.3 is 0 Å². The number of aryl methyl sites for hydroxylation is 1. The summed E-state index contributed by atoms with van der Waals surface area (Å²) in [6, 6.07) is 9.85. The average molecular weight is 231 g/mol. The van der Waals surface area contributed by atoms with Gasteiger partial charge in [-0.05, 0) is 37.8 Å². The zero-order valence-corrected chi connectivity index (χ0v) is 11.2. The third-order valence-electron chi connectivity index (χ3n) is 3.99. The van der Waals surface area contributed by atoms with E-state index in [2.05, 4.69) is 43.4 Å². The summed E-state index contributed by atoms with van der Waals surface area (Å²) in [6.07, 6.45) is 6.87. The molecule has 94 valence electrons. The smallest absolute Gasteiger partial charge is 0.0136 e. The molecule has 0 saturated heterocycles. The first-order valence-electron chi connectivity index (χ1n) is 7.11. The van der Waals surface area contributed by atoms with Crippen LogP contribution in [0, 0.1) is 6.92 Å². The maximum Gasteiger partial charge on any atom is 0.0136 e. The van der Waals surface area contributed by atoms with E-state index in [0.29, 0.717) is 6.04 Å². The van der Waals surface area contributed by atoms with Gasteiger partial charge in [-0.3, -0.25) is 0 Å². The van der Waals surface area contributed by atoms with Gasteiger partial charge in [0.2, 0.25) is 0 Å². The number of hydrogen-bond acceptors (Lipinski definition) is 1. The second-order valence-corrected chi connectivity index (χ2v) is 5.32. The highest BCUT2D eigenvalue weighted by molar-refractivity contribution is 5.26. The first kappa shape index (κ1) is 12.6. The molecule has 1 fully saturated rings. The summed E-state index contributed by atoms with van der Waals surface area (Å²) in [5.41, 5.74) is 2.89. The van der Waals surface area contributed by atoms with Gasteiger partial charge in [0, 0.05) is 6.04 Å². The lowest BCUT2D eigenvalue weighted by atomic mass is 9.87. The molecule has 2 rings (SSSR count). The molecule has 2 atom stereocenters. The number of rotatable bonds is 3. The van der Waals surface area contributed by atoms with E-state index in [0.717, 1.165) is 12.5 Å². The fraction of sp³-hybridized carbons (Fsp3) is 0.625. The fourth-order valence-corrected chi connectivity index (χ4v) is 3.03. The predicted octanol–water partition coefficient (Wildman–Crippen LogP) is 4.02. The number of hydrogen-bond donors (Lipinski definition) is 1. The van der Waals surface area contributed by atoms with Crippen LogP contribution in [0.2, 0.25) is 0 Å². The fourth-order valence-electron chi connectivity index (χ4n) is 3.03. The predicted molar refractivity (Wildman–Crippen MR) is 74.5 cm³/mol. The Balaban J connectivity index is 2.16. The molecule has 0 spiro atoms. The molecule has 1 nitrogen and oxygen atoms in total. The van der Waals surface area contributed by atoms with Crippen molar-refractivity contribution in [3.8, 4) is 0 Å². The first-order valence-corrected chi connectivity index (χ1v) is 7.11. The van der Waals surface area contributed by atoms with Crippen LogP contribution in [-0.4, -0.2) is 12.6 Å². The summed E-state index contributed by atoms with van der Waals surface area (Å²) in [4.78, 5) is 0. The summed E-state index contributed by atoms with van der Waals surface area (Å²) in [5.74, 6) is 0.720. The van der Waals surface area contributed by atoms with Gasteiger partial charge in [0.15, 0.2) is 0 Å². The Kier molecular flexibility index (Phi) is 4.61. The number of likely N-dealkylation sites (N-methyl/N-ethyl adjacent to an activating group) is 1. The standard InChI is InChI=1S/C16H25N/c1-3-17-16-8-6-4-5-7-15(16)14-11-9-13(2)10-12-14/h9-12,15-17H,3-8H2,1-2H3. The van der Waals surface area contributed by atoms with E-state index in [1.54, 1.807) is 0 Å². The summed E-state index contributed by atoms with van der Waals surface area (Å²) in [5, 5.41) is 3.69. The molecule has 0 bridgehead atoms. The third-order valence-corrected chi connectivity index (χ3v) is 3.99. The maximum atomic E-state index is 3.69. The Hall–Kier alpha value is -0.820. The van der Waals surface area contributed by atoms with Gasteiger partial charge in [-0.25, -0.2) is 0 Å². The molecule has 1 aliphatic rings. The highest BCUT2D eigenvalue weighted by Gasteiger charge is 2.23. The highest BCUT2D eigenvalue weighted by atomic mass is 14.9. The van der Waals surface area contributed by atoms with Crippen LogP contribution in [0.4, 0.5) is 0 Å². The summed E-state index contributed by atoms with van der Waals surface area (Å²) < 4.78 is 0. The van der Waals surface area contributed by atoms with E-state index >= 15 is 0 Å². The monoisotopic (exact) mass is 231 g/mol. The van der Waals surface area contributed by atoms with Gasteiger partial charge in [-0.1, -0.05) is 56.0 Å². The van der Waals surface area contributed by atoms with Crippen LogP contribution < -0.4 is 5.32 Å². The second kappa shape index (κ2) is 6.20. The molecule has 1 aromatic carbocycles. The van der Waals surface area contributed by atoms with Crippen molar-refractivity contribution in [3.05, 3.63) is 35.4 Å². The van der Waals surface area contributed by atoms with Crippen molar-refractivity contribution in [2.75, 3.05) is 6.54 Å². The van der Waals surface area contributed by atoms with Gasteiger partial charge in [-0.15, -0.1) is 0 Å². The van der Waals surface area contributed by atoms with Gasteiger partial charge in [0.25, 0.3) is 0 Å². The van der Waals surface area contributed by atoms with Crippen LogP contribution in [0.1, 0.15) is 56.1 Å². The van der Waals surface area contributed by atoms with Gasteiger partial charge < -0.3 is 5.32 Å². The van der Waals surface area contributed by atoms with Crippen molar-refractivity contribution in [1.82, 2.24) is 5.32 Å². The molecule has 0 aromatic heterocycles. The number of benzene rings is 1. The lowest BCUT2D eigenvalue weighted by molar-refractivity contribution is 0.419. The Morgan fingerprint density at radius 1 is 1.06 bits per heavy atom. The zero-order valence-electron chi connectivity index (χ0n) is 11.2. The average Bonchev–Trinajstić information content (AvgIpc) is 2.56. The zero-order chi connectivity index (χ0) is 12.1. The van der Waals surface area contributed by atoms with Crippen LogP contribution in [-0.2, 0) is 0 Å². The SMILES string of the molecule is CCNC1CCCCCC1c1ccc(C)cc1. The lowest BCUT2D eigenvalue weighted by Crippen LogP contribution is -2.34. The Morgan fingerprint density at radius 3 is 2.47 bits per heavy atom. The van der Waals surface area contributed by atoms with E-state index in [4.69, 9.17) is 0 Å². The van der Waals surface area contributed by atoms with Crippen molar-refractivity contribution in [3.63, 3.8) is 0 Å². The van der Waals surface area contributed by atoms with Crippen LogP contribution in [0.3, 0.4) is 0 Å². The molecule has 0 radical (unpaired) electrons. The molecule has 1 aromatic rings. The summed E-state index contributed by atoms with van der Waals surface area (Å²) in [7, 11) is 0. The van der Waals surface area contributed by atoms with E-state index < -0.39 is 0 Å². The van der Waals surface area contributed by atoms with Crippen molar-refractivity contribution in [1.29, 1.82) is 0 Å². The van der Waals surface area contributed by atoms with Crippen LogP contribution in [0.5, 0.6) is 0 Å². The quantitative estimate of drug-likeness (QED) is 0.775. The molecule has 2 unspecified atom stereocenters. The van der Waals surface area contributed by atoms with Crippen molar-refractivity contribution in [2.45, 2.75) is 57.9 Å². The van der Waals surface area contributed by atoms with E-state index in [9.17, 15) is 0 Å². The largest absolute Gasteiger partial charge is 0.314 e. The Labute approximate surface area is 106 Å². The van der Waals surface area contributed by atoms with E-state index in [1.165, 1.54) is 43.2 Å². The molecular weight excluding hydrogens is 206 g/mol. The molecule has 1 saturated carbocycles. The molecule has 1 N–H and O–H groups in total. The van der Waals surface area contributed by atoms with E-state index in [1.807, 2.05) is 0 Å². The topological polar surface area (TPSA) is 12.0 Å². The second-order valence-electron chi connectivity index (χ2n) is 5.32. The summed E-state index contributed by atoms with van der Waals surface area (Å²) >= 11 is 0. The molecule has 17 heavy (non-hydrogen) atoms. The molecule has 1 heteroatoms.